The molecule has 0 aliphatic carbocycles. The molecule has 2 rings (SSSR count). The third-order valence-corrected chi connectivity index (χ3v) is 4.33. The second-order valence-corrected chi connectivity index (χ2v) is 6.39. The van der Waals surface area contributed by atoms with E-state index in [1.807, 2.05) is 13.8 Å². The first-order valence-electron chi connectivity index (χ1n) is 6.14. The van der Waals surface area contributed by atoms with Crippen LogP contribution in [0.4, 0.5) is 4.39 Å². The number of benzene rings is 1. The van der Waals surface area contributed by atoms with Crippen molar-refractivity contribution < 1.29 is 9.18 Å². The van der Waals surface area contributed by atoms with Crippen LogP contribution in [0.5, 0.6) is 0 Å². The van der Waals surface area contributed by atoms with Gasteiger partial charge in [-0.05, 0) is 41.9 Å². The number of ketones is 1. The summed E-state index contributed by atoms with van der Waals surface area (Å²) in [6.07, 6.45) is 1.61. The molecule has 20 heavy (non-hydrogen) atoms. The Morgan fingerprint density at radius 3 is 2.80 bits per heavy atom. The molecule has 0 fully saturated rings. The molecule has 1 aromatic carbocycles. The molecule has 1 aromatic heterocycles. The molecule has 0 atom stereocenters. The van der Waals surface area contributed by atoms with E-state index in [2.05, 4.69) is 21.0 Å². The number of nitrogens with zero attached hydrogens (tertiary/aromatic N) is 2. The van der Waals surface area contributed by atoms with Gasteiger partial charge in [0.2, 0.25) is 0 Å². The van der Waals surface area contributed by atoms with Gasteiger partial charge >= 0.3 is 0 Å². The third-order valence-electron chi connectivity index (χ3n) is 2.70. The fourth-order valence-corrected chi connectivity index (χ4v) is 3.07. The fourth-order valence-electron chi connectivity index (χ4n) is 1.77. The predicted octanol–water partition coefficient (Wildman–Crippen LogP) is 4.34. The first-order valence-corrected chi connectivity index (χ1v) is 7.92. The van der Waals surface area contributed by atoms with E-state index < -0.39 is 0 Å². The summed E-state index contributed by atoms with van der Waals surface area (Å²) in [5, 5.41) is 4.17. The molecular formula is C14H14BrFN2OS. The van der Waals surface area contributed by atoms with E-state index >= 15 is 0 Å². The first kappa shape index (κ1) is 15.3. The summed E-state index contributed by atoms with van der Waals surface area (Å²) >= 11 is 4.54. The zero-order valence-electron chi connectivity index (χ0n) is 11.1. The van der Waals surface area contributed by atoms with E-state index in [-0.39, 0.29) is 23.4 Å². The number of hydrogen-bond donors (Lipinski definition) is 0. The lowest BCUT2D eigenvalue weighted by Gasteiger charge is -2.10. The molecule has 0 radical (unpaired) electrons. The number of carbonyl (C=O) groups is 1. The van der Waals surface area contributed by atoms with Gasteiger partial charge in [-0.1, -0.05) is 12.1 Å². The molecule has 3 nitrogen and oxygen atoms in total. The van der Waals surface area contributed by atoms with E-state index in [0.29, 0.717) is 15.1 Å². The topological polar surface area (TPSA) is 34.9 Å². The van der Waals surface area contributed by atoms with Gasteiger partial charge < -0.3 is 0 Å². The Hall–Kier alpha value is -1.14. The lowest BCUT2D eigenvalue weighted by Crippen LogP contribution is -2.14. The van der Waals surface area contributed by atoms with Crippen LogP contribution in [0.25, 0.3) is 0 Å². The van der Waals surface area contributed by atoms with E-state index in [9.17, 15) is 9.18 Å². The molecule has 0 spiro atoms. The van der Waals surface area contributed by atoms with Crippen LogP contribution in [0.15, 0.2) is 39.8 Å². The van der Waals surface area contributed by atoms with Gasteiger partial charge in [0.05, 0.1) is 16.4 Å². The third kappa shape index (κ3) is 3.30. The standard InChI is InChI=1S/C14H14BrFN2OS/c1-9(2)18-14(10(15)7-17-18)12(19)8-20-13-6-4-3-5-11(13)16/h3-7,9H,8H2,1-2H3. The maximum absolute atomic E-state index is 13.5. The summed E-state index contributed by atoms with van der Waals surface area (Å²) in [5.74, 6) is -0.198. The van der Waals surface area contributed by atoms with Gasteiger partial charge in [-0.25, -0.2) is 4.39 Å². The molecular weight excluding hydrogens is 343 g/mol. The normalized spacial score (nSPS) is 11.1. The average Bonchev–Trinajstić information content (AvgIpc) is 2.79. The van der Waals surface area contributed by atoms with Gasteiger partial charge in [0.15, 0.2) is 5.78 Å². The summed E-state index contributed by atoms with van der Waals surface area (Å²) in [4.78, 5) is 12.8. The number of carbonyl (C=O) groups excluding carboxylic acids is 1. The smallest absolute Gasteiger partial charge is 0.192 e. The maximum Gasteiger partial charge on any atom is 0.192 e. The van der Waals surface area contributed by atoms with Crippen LogP contribution in [0.2, 0.25) is 0 Å². The van der Waals surface area contributed by atoms with Crippen molar-refractivity contribution in [3.05, 3.63) is 46.4 Å². The van der Waals surface area contributed by atoms with Crippen molar-refractivity contribution in [3.63, 3.8) is 0 Å². The lowest BCUT2D eigenvalue weighted by atomic mass is 10.3. The average molecular weight is 357 g/mol. The Balaban J connectivity index is 2.13. The Morgan fingerprint density at radius 1 is 1.45 bits per heavy atom. The molecule has 0 unspecified atom stereocenters. The van der Waals surface area contributed by atoms with Crippen molar-refractivity contribution >= 4 is 33.5 Å². The minimum Gasteiger partial charge on any atom is -0.291 e. The highest BCUT2D eigenvalue weighted by molar-refractivity contribution is 9.10. The first-order chi connectivity index (χ1) is 9.50. The SMILES string of the molecule is CC(C)n1ncc(Br)c1C(=O)CSc1ccccc1F. The molecule has 1 heterocycles. The van der Waals surface area contributed by atoms with Crippen molar-refractivity contribution in [2.75, 3.05) is 5.75 Å². The number of halogens is 2. The highest BCUT2D eigenvalue weighted by Gasteiger charge is 2.19. The van der Waals surface area contributed by atoms with Crippen molar-refractivity contribution in [1.29, 1.82) is 0 Å². The van der Waals surface area contributed by atoms with Crippen LogP contribution < -0.4 is 0 Å². The number of hydrogen-bond acceptors (Lipinski definition) is 3. The van der Waals surface area contributed by atoms with Gasteiger partial charge in [-0.3, -0.25) is 9.48 Å². The van der Waals surface area contributed by atoms with E-state index in [1.165, 1.54) is 17.8 Å². The Kier molecular flexibility index (Phi) is 4.99. The number of thioether (sulfide) groups is 1. The van der Waals surface area contributed by atoms with Crippen molar-refractivity contribution in [1.82, 2.24) is 9.78 Å². The summed E-state index contributed by atoms with van der Waals surface area (Å²) in [6.45, 7) is 3.92. The molecule has 0 bridgehead atoms. The molecule has 106 valence electrons. The Morgan fingerprint density at radius 2 is 2.15 bits per heavy atom. The molecule has 6 heteroatoms. The van der Waals surface area contributed by atoms with E-state index in [0.717, 1.165) is 0 Å². The second-order valence-electron chi connectivity index (χ2n) is 4.52. The minimum atomic E-state index is -0.304. The maximum atomic E-state index is 13.5. The molecule has 0 aliphatic rings. The van der Waals surface area contributed by atoms with Gasteiger partial charge in [-0.15, -0.1) is 11.8 Å². The van der Waals surface area contributed by atoms with E-state index in [4.69, 9.17) is 0 Å². The zero-order chi connectivity index (χ0) is 14.7. The molecule has 0 amide bonds. The molecule has 0 saturated heterocycles. The van der Waals surface area contributed by atoms with Crippen LogP contribution >= 0.6 is 27.7 Å². The quantitative estimate of drug-likeness (QED) is 0.590. The van der Waals surface area contributed by atoms with Crippen molar-refractivity contribution in [3.8, 4) is 0 Å². The predicted molar refractivity (Wildman–Crippen MR) is 81.8 cm³/mol. The largest absolute Gasteiger partial charge is 0.291 e. The number of aromatic nitrogens is 2. The summed E-state index contributed by atoms with van der Waals surface area (Å²) in [6, 6.07) is 6.54. The van der Waals surface area contributed by atoms with Crippen LogP contribution in [-0.4, -0.2) is 21.3 Å². The molecule has 0 aliphatic heterocycles. The van der Waals surface area contributed by atoms with Gasteiger partial charge in [0, 0.05) is 10.9 Å². The van der Waals surface area contributed by atoms with Crippen LogP contribution in [0, 0.1) is 5.82 Å². The van der Waals surface area contributed by atoms with Crippen LogP contribution in [0.1, 0.15) is 30.4 Å². The van der Waals surface area contributed by atoms with Crippen LogP contribution in [0.3, 0.4) is 0 Å². The highest BCUT2D eigenvalue weighted by atomic mass is 79.9. The zero-order valence-corrected chi connectivity index (χ0v) is 13.5. The summed E-state index contributed by atoms with van der Waals surface area (Å²) in [7, 11) is 0. The molecule has 0 saturated carbocycles. The van der Waals surface area contributed by atoms with Crippen LogP contribution in [-0.2, 0) is 0 Å². The lowest BCUT2D eigenvalue weighted by molar-refractivity contribution is 0.101. The van der Waals surface area contributed by atoms with Crippen molar-refractivity contribution in [2.45, 2.75) is 24.8 Å². The highest BCUT2D eigenvalue weighted by Crippen LogP contribution is 2.25. The summed E-state index contributed by atoms with van der Waals surface area (Å²) in [5.41, 5.74) is 0.531. The second kappa shape index (κ2) is 6.54. The van der Waals surface area contributed by atoms with Gasteiger partial charge in [-0.2, -0.15) is 5.10 Å². The minimum absolute atomic E-state index is 0.0728. The Labute approximate surface area is 129 Å². The fraction of sp³-hybridized carbons (Fsp3) is 0.286. The molecule has 0 N–H and O–H groups in total. The summed E-state index contributed by atoms with van der Waals surface area (Å²) < 4.78 is 15.9. The van der Waals surface area contributed by atoms with Gasteiger partial charge in [0.25, 0.3) is 0 Å². The van der Waals surface area contributed by atoms with Gasteiger partial charge in [0.1, 0.15) is 11.5 Å². The van der Waals surface area contributed by atoms with E-state index in [1.54, 1.807) is 29.1 Å². The molecule has 2 aromatic rings. The number of Topliss-reactive ketones (excluding diaryl/α,β-unsaturated/α-hetero) is 1. The monoisotopic (exact) mass is 356 g/mol. The number of rotatable bonds is 5. The van der Waals surface area contributed by atoms with Crippen molar-refractivity contribution in [2.24, 2.45) is 0 Å². The Bertz CT molecular complexity index is 627.